The summed E-state index contributed by atoms with van der Waals surface area (Å²) in [5.74, 6) is 1.50. The summed E-state index contributed by atoms with van der Waals surface area (Å²) < 4.78 is 0. The minimum absolute atomic E-state index is 0.699. The normalized spacial score (nSPS) is 22.7. The first-order valence-corrected chi connectivity index (χ1v) is 8.12. The van der Waals surface area contributed by atoms with Crippen LogP contribution in [0.1, 0.15) is 32.3 Å². The number of hydrogen-bond donors (Lipinski definition) is 1. The molecule has 3 heteroatoms. The Bertz CT molecular complexity index is 482. The van der Waals surface area contributed by atoms with Crippen molar-refractivity contribution in [2.45, 2.75) is 33.1 Å². The Balaban J connectivity index is 1.73. The highest BCUT2D eigenvalue weighted by molar-refractivity contribution is 6.35. The molecular weight excluding hydrogens is 289 g/mol. The maximum absolute atomic E-state index is 6.18. The van der Waals surface area contributed by atoms with Crippen molar-refractivity contribution in [1.82, 2.24) is 5.32 Å². The van der Waals surface area contributed by atoms with Crippen LogP contribution in [0.25, 0.3) is 0 Å². The third-order valence-electron chi connectivity index (χ3n) is 3.90. The fourth-order valence-corrected chi connectivity index (χ4v) is 3.60. The highest BCUT2D eigenvalue weighted by Gasteiger charge is 2.17. The first kappa shape index (κ1) is 15.9. The first-order chi connectivity index (χ1) is 9.54. The molecule has 2 unspecified atom stereocenters. The molecule has 0 saturated heterocycles. The lowest BCUT2D eigenvalue weighted by atomic mass is 9.84. The van der Waals surface area contributed by atoms with E-state index in [-0.39, 0.29) is 0 Å². The van der Waals surface area contributed by atoms with E-state index in [2.05, 4.69) is 25.2 Å². The minimum Gasteiger partial charge on any atom is -0.316 e. The van der Waals surface area contributed by atoms with Crippen molar-refractivity contribution in [3.8, 4) is 0 Å². The zero-order chi connectivity index (χ0) is 14.5. The van der Waals surface area contributed by atoms with Crippen LogP contribution in [0.2, 0.25) is 10.0 Å². The lowest BCUT2D eigenvalue weighted by molar-refractivity contribution is 0.383. The van der Waals surface area contributed by atoms with Crippen LogP contribution in [0.3, 0.4) is 0 Å². The average molecular weight is 312 g/mol. The van der Waals surface area contributed by atoms with E-state index >= 15 is 0 Å². The number of allylic oxidation sites excluding steroid dienone is 2. The van der Waals surface area contributed by atoms with Gasteiger partial charge in [0.15, 0.2) is 0 Å². The third-order valence-corrected chi connectivity index (χ3v) is 4.49. The molecule has 2 rings (SSSR count). The Morgan fingerprint density at radius 1 is 1.30 bits per heavy atom. The van der Waals surface area contributed by atoms with Gasteiger partial charge in [-0.1, -0.05) is 47.8 Å². The highest BCUT2D eigenvalue weighted by atomic mass is 35.5. The van der Waals surface area contributed by atoms with E-state index in [0.29, 0.717) is 5.02 Å². The Hall–Kier alpha value is -0.500. The molecule has 1 nitrogen and oxygen atoms in total. The molecule has 0 amide bonds. The fourth-order valence-electron chi connectivity index (χ4n) is 3.10. The van der Waals surface area contributed by atoms with E-state index < -0.39 is 0 Å². The molecule has 1 aromatic carbocycles. The van der Waals surface area contributed by atoms with Crippen molar-refractivity contribution < 1.29 is 0 Å². The minimum atomic E-state index is 0.699. The Labute approximate surface area is 132 Å². The summed E-state index contributed by atoms with van der Waals surface area (Å²) in [5.41, 5.74) is 2.70. The number of halogens is 2. The summed E-state index contributed by atoms with van der Waals surface area (Å²) in [6, 6.07) is 5.73. The quantitative estimate of drug-likeness (QED) is 0.588. The summed E-state index contributed by atoms with van der Waals surface area (Å²) in [6.45, 7) is 6.62. The second-order valence-corrected chi connectivity index (χ2v) is 6.83. The van der Waals surface area contributed by atoms with Crippen LogP contribution < -0.4 is 5.32 Å². The second-order valence-electron chi connectivity index (χ2n) is 5.99. The number of benzene rings is 1. The Morgan fingerprint density at radius 2 is 2.10 bits per heavy atom. The van der Waals surface area contributed by atoms with Crippen LogP contribution in [-0.2, 0) is 6.42 Å². The van der Waals surface area contributed by atoms with Gasteiger partial charge in [0, 0.05) is 10.0 Å². The predicted molar refractivity (Wildman–Crippen MR) is 88.7 cm³/mol. The van der Waals surface area contributed by atoms with E-state index in [9.17, 15) is 0 Å². The Kier molecular flexibility index (Phi) is 5.95. The molecule has 0 bridgehead atoms. The van der Waals surface area contributed by atoms with E-state index in [1.54, 1.807) is 0 Å². The number of hydrogen-bond acceptors (Lipinski definition) is 1. The van der Waals surface area contributed by atoms with Crippen molar-refractivity contribution in [3.63, 3.8) is 0 Å². The topological polar surface area (TPSA) is 12.0 Å². The van der Waals surface area contributed by atoms with E-state index in [4.69, 9.17) is 23.2 Å². The van der Waals surface area contributed by atoms with Gasteiger partial charge in [-0.2, -0.15) is 0 Å². The van der Waals surface area contributed by atoms with Gasteiger partial charge in [-0.15, -0.1) is 0 Å². The molecule has 0 saturated carbocycles. The van der Waals surface area contributed by atoms with Gasteiger partial charge in [0.05, 0.1) is 0 Å². The molecule has 0 fully saturated rings. The van der Waals surface area contributed by atoms with Crippen molar-refractivity contribution in [1.29, 1.82) is 0 Å². The fraction of sp³-hybridized carbons (Fsp3) is 0.529. The number of nitrogens with one attached hydrogen (secondary N) is 1. The van der Waals surface area contributed by atoms with Crippen LogP contribution >= 0.6 is 23.2 Å². The highest BCUT2D eigenvalue weighted by Crippen LogP contribution is 2.27. The van der Waals surface area contributed by atoms with Crippen LogP contribution in [0.5, 0.6) is 0 Å². The summed E-state index contributed by atoms with van der Waals surface area (Å²) in [4.78, 5) is 0. The zero-order valence-corrected chi connectivity index (χ0v) is 13.8. The third kappa shape index (κ3) is 4.80. The van der Waals surface area contributed by atoms with E-state index in [1.165, 1.54) is 18.4 Å². The molecule has 0 aliphatic heterocycles. The van der Waals surface area contributed by atoms with Crippen molar-refractivity contribution >= 4 is 23.2 Å². The van der Waals surface area contributed by atoms with Gasteiger partial charge < -0.3 is 5.32 Å². The van der Waals surface area contributed by atoms with Gasteiger partial charge in [0.25, 0.3) is 0 Å². The smallest absolute Gasteiger partial charge is 0.0453 e. The van der Waals surface area contributed by atoms with Gasteiger partial charge in [0.2, 0.25) is 0 Å². The van der Waals surface area contributed by atoms with E-state index in [1.807, 2.05) is 18.2 Å². The van der Waals surface area contributed by atoms with E-state index in [0.717, 1.165) is 41.9 Å². The molecule has 20 heavy (non-hydrogen) atoms. The lowest BCUT2D eigenvalue weighted by Crippen LogP contribution is -2.27. The molecule has 0 spiro atoms. The molecule has 1 aliphatic carbocycles. The van der Waals surface area contributed by atoms with Crippen molar-refractivity contribution in [2.24, 2.45) is 11.8 Å². The average Bonchev–Trinajstić information content (AvgIpc) is 2.35. The van der Waals surface area contributed by atoms with Gasteiger partial charge in [-0.3, -0.25) is 0 Å². The number of rotatable bonds is 5. The van der Waals surface area contributed by atoms with Crippen LogP contribution in [-0.4, -0.2) is 13.1 Å². The SMILES string of the molecule is CC1=CC(C)CC(CNCCc2ccc(Cl)cc2Cl)C1. The molecule has 0 aromatic heterocycles. The summed E-state index contributed by atoms with van der Waals surface area (Å²) in [5, 5.41) is 5.03. The maximum Gasteiger partial charge on any atom is 0.0453 e. The molecule has 1 aliphatic rings. The molecule has 2 atom stereocenters. The molecular formula is C17H23Cl2N. The zero-order valence-electron chi connectivity index (χ0n) is 12.3. The first-order valence-electron chi connectivity index (χ1n) is 7.36. The summed E-state index contributed by atoms with van der Waals surface area (Å²) >= 11 is 12.1. The molecule has 0 heterocycles. The Morgan fingerprint density at radius 3 is 2.80 bits per heavy atom. The predicted octanol–water partition coefficient (Wildman–Crippen LogP) is 5.12. The second kappa shape index (κ2) is 7.49. The maximum atomic E-state index is 6.18. The summed E-state index contributed by atoms with van der Waals surface area (Å²) in [6.07, 6.45) is 5.89. The summed E-state index contributed by atoms with van der Waals surface area (Å²) in [7, 11) is 0. The van der Waals surface area contributed by atoms with Crippen LogP contribution in [0, 0.1) is 11.8 Å². The van der Waals surface area contributed by atoms with Gasteiger partial charge in [-0.05, 0) is 68.8 Å². The molecule has 1 N–H and O–H groups in total. The van der Waals surface area contributed by atoms with Gasteiger partial charge in [-0.25, -0.2) is 0 Å². The van der Waals surface area contributed by atoms with Crippen LogP contribution in [0.4, 0.5) is 0 Å². The molecule has 110 valence electrons. The van der Waals surface area contributed by atoms with Gasteiger partial charge >= 0.3 is 0 Å². The van der Waals surface area contributed by atoms with Crippen molar-refractivity contribution in [2.75, 3.05) is 13.1 Å². The largest absolute Gasteiger partial charge is 0.316 e. The van der Waals surface area contributed by atoms with Crippen LogP contribution in [0.15, 0.2) is 29.8 Å². The standard InChI is InChI=1S/C17H23Cl2N/c1-12-7-13(2)9-14(8-12)11-20-6-5-15-3-4-16(18)10-17(15)19/h3-4,7,10,12,14,20H,5-6,8-9,11H2,1-2H3. The van der Waals surface area contributed by atoms with Crippen molar-refractivity contribution in [3.05, 3.63) is 45.5 Å². The molecule has 1 aromatic rings. The molecule has 0 radical (unpaired) electrons. The van der Waals surface area contributed by atoms with Gasteiger partial charge in [0.1, 0.15) is 0 Å². The lowest BCUT2D eigenvalue weighted by Gasteiger charge is -2.25. The monoisotopic (exact) mass is 311 g/mol.